The molecule has 1 aromatic heterocycles. The molecule has 4 heteroatoms. The van der Waals surface area contributed by atoms with Crippen molar-refractivity contribution in [3.63, 3.8) is 0 Å². The van der Waals surface area contributed by atoms with Gasteiger partial charge in [0.05, 0.1) is 11.3 Å². The Labute approximate surface area is 103 Å². The molecule has 17 heavy (non-hydrogen) atoms. The van der Waals surface area contributed by atoms with Crippen molar-refractivity contribution in [1.29, 1.82) is 0 Å². The topological polar surface area (TPSA) is 50.2 Å². The zero-order valence-electron chi connectivity index (χ0n) is 9.09. The molecule has 86 valence electrons. The number of aromatic nitrogens is 1. The van der Waals surface area contributed by atoms with Gasteiger partial charge in [0.1, 0.15) is 5.01 Å². The van der Waals surface area contributed by atoms with Crippen molar-refractivity contribution in [2.75, 3.05) is 0 Å². The van der Waals surface area contributed by atoms with Crippen LogP contribution in [0.25, 0.3) is 10.6 Å². The second kappa shape index (κ2) is 3.96. The standard InChI is InChI=1S/C13H11NO2S/c15-13(16)10-3-1-2-9(6-10)12-14-11(7-17-12)8-4-5-8/h1-3,6-8H,4-5H2,(H,15,16). The van der Waals surface area contributed by atoms with E-state index in [9.17, 15) is 4.79 Å². The quantitative estimate of drug-likeness (QED) is 0.901. The number of carbonyl (C=O) groups is 1. The Morgan fingerprint density at radius 2 is 2.24 bits per heavy atom. The maximum absolute atomic E-state index is 10.9. The first-order valence-corrected chi connectivity index (χ1v) is 6.41. The summed E-state index contributed by atoms with van der Waals surface area (Å²) in [6.07, 6.45) is 2.47. The fourth-order valence-corrected chi connectivity index (χ4v) is 2.67. The molecule has 3 nitrogen and oxygen atoms in total. The van der Waals surface area contributed by atoms with Gasteiger partial charge in [0.25, 0.3) is 0 Å². The largest absolute Gasteiger partial charge is 0.478 e. The minimum absolute atomic E-state index is 0.311. The summed E-state index contributed by atoms with van der Waals surface area (Å²) < 4.78 is 0. The highest BCUT2D eigenvalue weighted by Gasteiger charge is 2.26. The van der Waals surface area contributed by atoms with Crippen LogP contribution in [-0.2, 0) is 0 Å². The summed E-state index contributed by atoms with van der Waals surface area (Å²) in [6, 6.07) is 6.94. The zero-order valence-corrected chi connectivity index (χ0v) is 9.91. The summed E-state index contributed by atoms with van der Waals surface area (Å²) in [5, 5.41) is 11.9. The third kappa shape index (κ3) is 2.08. The van der Waals surface area contributed by atoms with Gasteiger partial charge >= 0.3 is 5.97 Å². The summed E-state index contributed by atoms with van der Waals surface area (Å²) in [5.74, 6) is -0.256. The number of benzene rings is 1. The fourth-order valence-electron chi connectivity index (χ4n) is 1.77. The van der Waals surface area contributed by atoms with Crippen LogP contribution in [0, 0.1) is 0 Å². The van der Waals surface area contributed by atoms with Crippen LogP contribution >= 0.6 is 11.3 Å². The lowest BCUT2D eigenvalue weighted by molar-refractivity contribution is 0.0697. The van der Waals surface area contributed by atoms with Crippen LogP contribution in [0.3, 0.4) is 0 Å². The van der Waals surface area contributed by atoms with Gasteiger partial charge in [0, 0.05) is 16.9 Å². The number of hydrogen-bond donors (Lipinski definition) is 1. The monoisotopic (exact) mass is 245 g/mol. The van der Waals surface area contributed by atoms with Gasteiger partial charge in [-0.15, -0.1) is 11.3 Å². The van der Waals surface area contributed by atoms with Crippen molar-refractivity contribution in [2.45, 2.75) is 18.8 Å². The third-order valence-corrected chi connectivity index (χ3v) is 3.78. The Morgan fingerprint density at radius 3 is 2.94 bits per heavy atom. The molecule has 1 N–H and O–H groups in total. The second-order valence-electron chi connectivity index (χ2n) is 4.24. The van der Waals surface area contributed by atoms with E-state index in [4.69, 9.17) is 5.11 Å². The van der Waals surface area contributed by atoms with Crippen molar-refractivity contribution in [3.05, 3.63) is 40.9 Å². The van der Waals surface area contributed by atoms with E-state index < -0.39 is 5.97 Å². The molecule has 3 rings (SSSR count). The maximum atomic E-state index is 10.9. The number of carboxylic acid groups (broad SMARTS) is 1. The fraction of sp³-hybridized carbons (Fsp3) is 0.231. The molecular weight excluding hydrogens is 234 g/mol. The highest BCUT2D eigenvalue weighted by atomic mass is 32.1. The average Bonchev–Trinajstić information content (AvgIpc) is 3.07. The van der Waals surface area contributed by atoms with Crippen LogP contribution in [0.15, 0.2) is 29.6 Å². The van der Waals surface area contributed by atoms with Crippen LogP contribution < -0.4 is 0 Å². The molecule has 0 saturated heterocycles. The van der Waals surface area contributed by atoms with Crippen molar-refractivity contribution in [2.24, 2.45) is 0 Å². The van der Waals surface area contributed by atoms with Crippen molar-refractivity contribution in [3.8, 4) is 10.6 Å². The smallest absolute Gasteiger partial charge is 0.335 e. The number of nitrogens with zero attached hydrogens (tertiary/aromatic N) is 1. The predicted octanol–water partition coefficient (Wildman–Crippen LogP) is 3.39. The lowest BCUT2D eigenvalue weighted by atomic mass is 10.1. The van der Waals surface area contributed by atoms with E-state index in [1.807, 2.05) is 6.07 Å². The number of rotatable bonds is 3. The lowest BCUT2D eigenvalue weighted by Crippen LogP contribution is -1.95. The van der Waals surface area contributed by atoms with Crippen molar-refractivity contribution >= 4 is 17.3 Å². The molecular formula is C13H11NO2S. The molecule has 1 aliphatic rings. The van der Waals surface area contributed by atoms with Gasteiger partial charge < -0.3 is 5.11 Å². The number of carboxylic acids is 1. The van der Waals surface area contributed by atoms with Crippen molar-refractivity contribution < 1.29 is 9.90 Å². The first-order chi connectivity index (χ1) is 8.24. The van der Waals surface area contributed by atoms with Crippen LogP contribution in [0.4, 0.5) is 0 Å². The van der Waals surface area contributed by atoms with Gasteiger partial charge in [-0.05, 0) is 25.0 Å². The third-order valence-electron chi connectivity index (χ3n) is 2.87. The molecule has 1 heterocycles. The molecule has 1 fully saturated rings. The first-order valence-electron chi connectivity index (χ1n) is 5.53. The van der Waals surface area contributed by atoms with E-state index in [0.29, 0.717) is 11.5 Å². The van der Waals surface area contributed by atoms with E-state index in [1.54, 1.807) is 29.5 Å². The Bertz CT molecular complexity index is 572. The Morgan fingerprint density at radius 1 is 1.41 bits per heavy atom. The lowest BCUT2D eigenvalue weighted by Gasteiger charge is -1.98. The molecule has 0 atom stereocenters. The van der Waals surface area contributed by atoms with Crippen LogP contribution in [0.2, 0.25) is 0 Å². The second-order valence-corrected chi connectivity index (χ2v) is 5.10. The average molecular weight is 245 g/mol. The van der Waals surface area contributed by atoms with Gasteiger partial charge in [-0.25, -0.2) is 9.78 Å². The van der Waals surface area contributed by atoms with Gasteiger partial charge in [0.2, 0.25) is 0 Å². The summed E-state index contributed by atoms with van der Waals surface area (Å²) in [4.78, 5) is 15.5. The molecule has 1 saturated carbocycles. The summed E-state index contributed by atoms with van der Waals surface area (Å²) in [7, 11) is 0. The normalized spacial score (nSPS) is 14.8. The number of thiazole rings is 1. The van der Waals surface area contributed by atoms with Crippen LogP contribution in [0.5, 0.6) is 0 Å². The van der Waals surface area contributed by atoms with Gasteiger partial charge in [-0.3, -0.25) is 0 Å². The maximum Gasteiger partial charge on any atom is 0.335 e. The SMILES string of the molecule is O=C(O)c1cccc(-c2nc(C3CC3)cs2)c1. The number of aromatic carboxylic acids is 1. The Hall–Kier alpha value is -1.68. The van der Waals surface area contributed by atoms with Gasteiger partial charge in [0.15, 0.2) is 0 Å². The molecule has 1 aliphatic carbocycles. The predicted molar refractivity (Wildman–Crippen MR) is 66.5 cm³/mol. The molecule has 1 aromatic carbocycles. The minimum Gasteiger partial charge on any atom is -0.478 e. The summed E-state index contributed by atoms with van der Waals surface area (Å²) in [6.45, 7) is 0. The van der Waals surface area contributed by atoms with Crippen molar-refractivity contribution in [1.82, 2.24) is 4.98 Å². The Kier molecular flexibility index (Phi) is 2.44. The molecule has 0 bridgehead atoms. The highest BCUT2D eigenvalue weighted by Crippen LogP contribution is 2.41. The molecule has 0 amide bonds. The van der Waals surface area contributed by atoms with Crippen LogP contribution in [0.1, 0.15) is 34.8 Å². The van der Waals surface area contributed by atoms with E-state index in [1.165, 1.54) is 12.8 Å². The van der Waals surface area contributed by atoms with Gasteiger partial charge in [-0.1, -0.05) is 12.1 Å². The van der Waals surface area contributed by atoms with E-state index in [-0.39, 0.29) is 0 Å². The van der Waals surface area contributed by atoms with E-state index in [0.717, 1.165) is 16.3 Å². The van der Waals surface area contributed by atoms with Gasteiger partial charge in [-0.2, -0.15) is 0 Å². The minimum atomic E-state index is -0.897. The zero-order chi connectivity index (χ0) is 11.8. The molecule has 0 unspecified atom stereocenters. The summed E-state index contributed by atoms with van der Waals surface area (Å²) >= 11 is 1.59. The highest BCUT2D eigenvalue weighted by molar-refractivity contribution is 7.13. The molecule has 0 spiro atoms. The number of hydrogen-bond acceptors (Lipinski definition) is 3. The van der Waals surface area contributed by atoms with Crippen LogP contribution in [-0.4, -0.2) is 16.1 Å². The van der Waals surface area contributed by atoms with E-state index >= 15 is 0 Å². The first kappa shape index (κ1) is 10.5. The molecule has 2 aromatic rings. The molecule has 0 radical (unpaired) electrons. The Balaban J connectivity index is 1.96. The molecule has 0 aliphatic heterocycles. The van der Waals surface area contributed by atoms with E-state index in [2.05, 4.69) is 10.4 Å². The summed E-state index contributed by atoms with van der Waals surface area (Å²) in [5.41, 5.74) is 2.36.